The molecule has 180 valence electrons. The summed E-state index contributed by atoms with van der Waals surface area (Å²) < 4.78 is 0. The highest BCUT2D eigenvalue weighted by molar-refractivity contribution is 5.69. The Balaban J connectivity index is 3.70. The Labute approximate surface area is 190 Å². The number of carbonyl (C=O) groups is 1. The summed E-state index contributed by atoms with van der Waals surface area (Å²) in [6.45, 7) is 6.75. The Hall–Kier alpha value is -0.530. The van der Waals surface area contributed by atoms with E-state index in [4.69, 9.17) is 0 Å². The maximum absolute atomic E-state index is 11.7. The van der Waals surface area contributed by atoms with Gasteiger partial charge in [0.2, 0.25) is 0 Å². The normalized spacial score (nSPS) is 13.4. The van der Waals surface area contributed by atoms with Crippen molar-refractivity contribution in [2.75, 3.05) is 0 Å². The predicted octanol–water partition coefficient (Wildman–Crippen LogP) is 9.95. The summed E-state index contributed by atoms with van der Waals surface area (Å²) in [5, 5.41) is 9.67. The standard InChI is InChI=1S/C28H56O2/c1-4-7-9-10-11-12-13-14-15-16-17-18-19-21-24-27(28(29)30)25-26(22-6-3)23-20-8-5-2/h26-27H,4-25H2,1-3H3,(H,29,30). The molecule has 1 N–H and O–H groups in total. The second-order valence-corrected chi connectivity index (χ2v) is 9.81. The highest BCUT2D eigenvalue weighted by Gasteiger charge is 2.21. The van der Waals surface area contributed by atoms with Crippen LogP contribution in [0.25, 0.3) is 0 Å². The lowest BCUT2D eigenvalue weighted by Gasteiger charge is -2.21. The van der Waals surface area contributed by atoms with Gasteiger partial charge in [-0.1, -0.05) is 149 Å². The molecular weight excluding hydrogens is 368 g/mol. The molecule has 2 heteroatoms. The number of rotatable bonds is 24. The number of aliphatic carboxylic acids is 1. The van der Waals surface area contributed by atoms with E-state index >= 15 is 0 Å². The van der Waals surface area contributed by atoms with Crippen LogP contribution in [0, 0.1) is 11.8 Å². The van der Waals surface area contributed by atoms with Crippen LogP contribution in [0.5, 0.6) is 0 Å². The molecule has 2 nitrogen and oxygen atoms in total. The first kappa shape index (κ1) is 29.5. The molecule has 0 saturated carbocycles. The van der Waals surface area contributed by atoms with E-state index in [0.717, 1.165) is 19.3 Å². The molecule has 0 saturated heterocycles. The van der Waals surface area contributed by atoms with Crippen LogP contribution in [0.1, 0.15) is 162 Å². The van der Waals surface area contributed by atoms with Crippen molar-refractivity contribution in [3.8, 4) is 0 Å². The van der Waals surface area contributed by atoms with E-state index in [0.29, 0.717) is 5.92 Å². The zero-order chi connectivity index (χ0) is 22.3. The zero-order valence-electron chi connectivity index (χ0n) is 21.1. The van der Waals surface area contributed by atoms with E-state index in [-0.39, 0.29) is 5.92 Å². The van der Waals surface area contributed by atoms with E-state index in [1.54, 1.807) is 0 Å². The molecule has 0 aliphatic carbocycles. The molecule has 0 heterocycles. The summed E-state index contributed by atoms with van der Waals surface area (Å²) in [4.78, 5) is 11.7. The fraction of sp³-hybridized carbons (Fsp3) is 0.964. The van der Waals surface area contributed by atoms with Crippen LogP contribution in [0.4, 0.5) is 0 Å². The topological polar surface area (TPSA) is 37.3 Å². The molecule has 0 bridgehead atoms. The van der Waals surface area contributed by atoms with Gasteiger partial charge in [0.25, 0.3) is 0 Å². The molecule has 0 aliphatic rings. The molecule has 0 aromatic heterocycles. The average Bonchev–Trinajstić information content (AvgIpc) is 2.73. The molecule has 0 aliphatic heterocycles. The van der Waals surface area contributed by atoms with Gasteiger partial charge in [-0.05, 0) is 18.8 Å². The Bertz CT molecular complexity index is 353. The Kier molecular flexibility index (Phi) is 22.7. The smallest absolute Gasteiger partial charge is 0.306 e. The minimum atomic E-state index is -0.554. The average molecular weight is 425 g/mol. The molecule has 0 spiro atoms. The molecule has 0 fully saturated rings. The summed E-state index contributed by atoms with van der Waals surface area (Å²) >= 11 is 0. The van der Waals surface area contributed by atoms with Crippen LogP contribution in [-0.4, -0.2) is 11.1 Å². The van der Waals surface area contributed by atoms with Gasteiger partial charge in [0.1, 0.15) is 0 Å². The van der Waals surface area contributed by atoms with E-state index in [1.165, 1.54) is 122 Å². The van der Waals surface area contributed by atoms with E-state index in [9.17, 15) is 9.90 Å². The van der Waals surface area contributed by atoms with Crippen molar-refractivity contribution in [1.29, 1.82) is 0 Å². The van der Waals surface area contributed by atoms with Crippen molar-refractivity contribution in [1.82, 2.24) is 0 Å². The van der Waals surface area contributed by atoms with Gasteiger partial charge in [0.15, 0.2) is 0 Å². The van der Waals surface area contributed by atoms with Gasteiger partial charge in [-0.15, -0.1) is 0 Å². The second kappa shape index (κ2) is 23.1. The molecule has 0 aromatic carbocycles. The number of hydrogen-bond acceptors (Lipinski definition) is 1. The minimum absolute atomic E-state index is 0.111. The summed E-state index contributed by atoms with van der Waals surface area (Å²) in [6.07, 6.45) is 28.2. The zero-order valence-corrected chi connectivity index (χ0v) is 21.1. The maximum Gasteiger partial charge on any atom is 0.306 e. The third kappa shape index (κ3) is 19.4. The van der Waals surface area contributed by atoms with Gasteiger partial charge in [-0.25, -0.2) is 0 Å². The van der Waals surface area contributed by atoms with Crippen LogP contribution in [-0.2, 0) is 4.79 Å². The maximum atomic E-state index is 11.7. The Morgan fingerprint density at radius 1 is 0.533 bits per heavy atom. The van der Waals surface area contributed by atoms with Crippen LogP contribution >= 0.6 is 0 Å². The van der Waals surface area contributed by atoms with Gasteiger partial charge < -0.3 is 5.11 Å². The lowest BCUT2D eigenvalue weighted by Crippen LogP contribution is -2.18. The van der Waals surface area contributed by atoms with Gasteiger partial charge in [0.05, 0.1) is 5.92 Å². The van der Waals surface area contributed by atoms with E-state index < -0.39 is 5.97 Å². The van der Waals surface area contributed by atoms with Crippen LogP contribution in [0.3, 0.4) is 0 Å². The Morgan fingerprint density at radius 3 is 1.37 bits per heavy atom. The fourth-order valence-corrected chi connectivity index (χ4v) is 4.80. The van der Waals surface area contributed by atoms with Gasteiger partial charge in [-0.3, -0.25) is 4.79 Å². The first-order chi connectivity index (χ1) is 14.7. The number of carboxylic acid groups (broad SMARTS) is 1. The third-order valence-electron chi connectivity index (χ3n) is 6.79. The van der Waals surface area contributed by atoms with Crippen molar-refractivity contribution >= 4 is 5.97 Å². The first-order valence-corrected chi connectivity index (χ1v) is 13.9. The number of hydrogen-bond donors (Lipinski definition) is 1. The summed E-state index contributed by atoms with van der Waals surface area (Å²) in [7, 11) is 0. The molecule has 0 radical (unpaired) electrons. The van der Waals surface area contributed by atoms with Crippen molar-refractivity contribution in [2.24, 2.45) is 11.8 Å². The number of carboxylic acids is 1. The third-order valence-corrected chi connectivity index (χ3v) is 6.79. The predicted molar refractivity (Wildman–Crippen MR) is 133 cm³/mol. The van der Waals surface area contributed by atoms with Crippen molar-refractivity contribution in [3.05, 3.63) is 0 Å². The van der Waals surface area contributed by atoms with E-state index in [2.05, 4.69) is 20.8 Å². The number of unbranched alkanes of at least 4 members (excludes halogenated alkanes) is 15. The molecule has 2 atom stereocenters. The van der Waals surface area contributed by atoms with Crippen molar-refractivity contribution in [2.45, 2.75) is 162 Å². The highest BCUT2D eigenvalue weighted by atomic mass is 16.4. The monoisotopic (exact) mass is 424 g/mol. The first-order valence-electron chi connectivity index (χ1n) is 13.9. The molecule has 0 rings (SSSR count). The quantitative estimate of drug-likeness (QED) is 0.156. The lowest BCUT2D eigenvalue weighted by atomic mass is 9.85. The highest BCUT2D eigenvalue weighted by Crippen LogP contribution is 2.27. The lowest BCUT2D eigenvalue weighted by molar-refractivity contribution is -0.142. The summed E-state index contributed by atoms with van der Waals surface area (Å²) in [6, 6.07) is 0. The molecule has 0 aromatic rings. The summed E-state index contributed by atoms with van der Waals surface area (Å²) in [5.41, 5.74) is 0. The van der Waals surface area contributed by atoms with Crippen LogP contribution in [0.2, 0.25) is 0 Å². The largest absolute Gasteiger partial charge is 0.481 e. The van der Waals surface area contributed by atoms with Crippen molar-refractivity contribution in [3.63, 3.8) is 0 Å². The second-order valence-electron chi connectivity index (χ2n) is 9.81. The SMILES string of the molecule is CCCCCCCCCCCCCCCCC(CC(CCC)CCCCC)C(=O)O. The molecule has 2 unspecified atom stereocenters. The molecular formula is C28H56O2. The summed E-state index contributed by atoms with van der Waals surface area (Å²) in [5.74, 6) is -0.0453. The Morgan fingerprint density at radius 2 is 0.933 bits per heavy atom. The van der Waals surface area contributed by atoms with Gasteiger partial charge >= 0.3 is 5.97 Å². The molecule has 0 amide bonds. The van der Waals surface area contributed by atoms with Crippen LogP contribution < -0.4 is 0 Å². The van der Waals surface area contributed by atoms with Crippen molar-refractivity contribution < 1.29 is 9.90 Å². The van der Waals surface area contributed by atoms with Crippen LogP contribution in [0.15, 0.2) is 0 Å². The minimum Gasteiger partial charge on any atom is -0.481 e. The van der Waals surface area contributed by atoms with Gasteiger partial charge in [-0.2, -0.15) is 0 Å². The fourth-order valence-electron chi connectivity index (χ4n) is 4.80. The van der Waals surface area contributed by atoms with Gasteiger partial charge in [0, 0.05) is 0 Å². The van der Waals surface area contributed by atoms with E-state index in [1.807, 2.05) is 0 Å². The molecule has 30 heavy (non-hydrogen) atoms.